The summed E-state index contributed by atoms with van der Waals surface area (Å²) >= 11 is 0. The SMILES string of the molecule is CCOc1c(N)cccc1C(=O)OC1CCOC1. The second-order valence-electron chi connectivity index (χ2n) is 4.05. The van der Waals surface area contributed by atoms with Crippen molar-refractivity contribution in [2.75, 3.05) is 25.6 Å². The van der Waals surface area contributed by atoms with Crippen LogP contribution in [-0.4, -0.2) is 31.9 Å². The van der Waals surface area contributed by atoms with Crippen molar-refractivity contribution < 1.29 is 19.0 Å². The number of hydrogen-bond acceptors (Lipinski definition) is 5. The maximum atomic E-state index is 12.0. The van der Waals surface area contributed by atoms with E-state index in [-0.39, 0.29) is 6.10 Å². The second-order valence-corrected chi connectivity index (χ2v) is 4.05. The topological polar surface area (TPSA) is 70.8 Å². The van der Waals surface area contributed by atoms with E-state index in [1.54, 1.807) is 18.2 Å². The molecule has 1 fully saturated rings. The third-order valence-corrected chi connectivity index (χ3v) is 2.72. The van der Waals surface area contributed by atoms with Gasteiger partial charge in [0, 0.05) is 6.42 Å². The quantitative estimate of drug-likeness (QED) is 0.650. The largest absolute Gasteiger partial charge is 0.491 e. The van der Waals surface area contributed by atoms with E-state index in [1.165, 1.54) is 0 Å². The van der Waals surface area contributed by atoms with E-state index < -0.39 is 5.97 Å². The van der Waals surface area contributed by atoms with Gasteiger partial charge >= 0.3 is 5.97 Å². The van der Waals surface area contributed by atoms with Gasteiger partial charge in [0.15, 0.2) is 5.75 Å². The number of anilines is 1. The molecule has 18 heavy (non-hydrogen) atoms. The highest BCUT2D eigenvalue weighted by Gasteiger charge is 2.23. The Bertz CT molecular complexity index is 427. The average molecular weight is 251 g/mol. The molecule has 0 spiro atoms. The Hall–Kier alpha value is -1.75. The summed E-state index contributed by atoms with van der Waals surface area (Å²) in [4.78, 5) is 12.0. The summed E-state index contributed by atoms with van der Waals surface area (Å²) in [6, 6.07) is 5.06. The van der Waals surface area contributed by atoms with Crippen LogP contribution in [0.15, 0.2) is 18.2 Å². The number of ether oxygens (including phenoxy) is 3. The first kappa shape index (κ1) is 12.7. The molecule has 1 aliphatic rings. The molecule has 0 radical (unpaired) electrons. The Kier molecular flexibility index (Phi) is 4.04. The van der Waals surface area contributed by atoms with Gasteiger partial charge in [-0.05, 0) is 19.1 Å². The van der Waals surface area contributed by atoms with Gasteiger partial charge in [-0.15, -0.1) is 0 Å². The van der Waals surface area contributed by atoms with Gasteiger partial charge in [-0.2, -0.15) is 0 Å². The lowest BCUT2D eigenvalue weighted by atomic mass is 10.1. The molecule has 1 aliphatic heterocycles. The monoisotopic (exact) mass is 251 g/mol. The molecule has 1 aromatic rings. The highest BCUT2D eigenvalue weighted by molar-refractivity contribution is 5.94. The fraction of sp³-hybridized carbons (Fsp3) is 0.462. The zero-order valence-electron chi connectivity index (χ0n) is 10.3. The van der Waals surface area contributed by atoms with Gasteiger partial charge < -0.3 is 19.9 Å². The van der Waals surface area contributed by atoms with E-state index in [4.69, 9.17) is 19.9 Å². The zero-order valence-corrected chi connectivity index (χ0v) is 10.3. The van der Waals surface area contributed by atoms with Gasteiger partial charge in [-0.3, -0.25) is 0 Å². The molecule has 0 saturated carbocycles. The third kappa shape index (κ3) is 2.73. The number of benzene rings is 1. The van der Waals surface area contributed by atoms with Crippen LogP contribution in [0.2, 0.25) is 0 Å². The Morgan fingerprint density at radius 1 is 1.56 bits per heavy atom. The first-order chi connectivity index (χ1) is 8.72. The molecule has 1 atom stereocenters. The molecule has 0 bridgehead atoms. The molecule has 98 valence electrons. The Labute approximate surface area is 106 Å². The molecule has 0 amide bonds. The summed E-state index contributed by atoms with van der Waals surface area (Å²) < 4.78 is 15.9. The lowest BCUT2D eigenvalue weighted by Gasteiger charge is -2.14. The van der Waals surface area contributed by atoms with Crippen molar-refractivity contribution in [3.8, 4) is 5.75 Å². The van der Waals surface area contributed by atoms with Crippen molar-refractivity contribution in [3.05, 3.63) is 23.8 Å². The molecule has 1 saturated heterocycles. The minimum Gasteiger partial charge on any atom is -0.491 e. The molecule has 0 aromatic heterocycles. The number of carbonyl (C=O) groups excluding carboxylic acids is 1. The van der Waals surface area contributed by atoms with Gasteiger partial charge in [0.1, 0.15) is 11.7 Å². The van der Waals surface area contributed by atoms with E-state index in [9.17, 15) is 4.79 Å². The standard InChI is InChI=1S/C13H17NO4/c1-2-17-12-10(4-3-5-11(12)14)13(15)18-9-6-7-16-8-9/h3-5,9H,2,6-8,14H2,1H3. The smallest absolute Gasteiger partial charge is 0.342 e. The summed E-state index contributed by atoms with van der Waals surface area (Å²) in [6.45, 7) is 3.37. The van der Waals surface area contributed by atoms with Crippen LogP contribution in [0.4, 0.5) is 5.69 Å². The molecule has 1 heterocycles. The van der Waals surface area contributed by atoms with Crippen molar-refractivity contribution in [2.24, 2.45) is 0 Å². The van der Waals surface area contributed by atoms with Crippen molar-refractivity contribution in [1.29, 1.82) is 0 Å². The van der Waals surface area contributed by atoms with Gasteiger partial charge in [-0.1, -0.05) is 6.07 Å². The maximum Gasteiger partial charge on any atom is 0.342 e. The first-order valence-electron chi connectivity index (χ1n) is 6.02. The third-order valence-electron chi connectivity index (χ3n) is 2.72. The second kappa shape index (κ2) is 5.73. The summed E-state index contributed by atoms with van der Waals surface area (Å²) in [5.41, 5.74) is 6.60. The highest BCUT2D eigenvalue weighted by atomic mass is 16.6. The first-order valence-corrected chi connectivity index (χ1v) is 6.02. The van der Waals surface area contributed by atoms with E-state index in [2.05, 4.69) is 0 Å². The molecular weight excluding hydrogens is 234 g/mol. The predicted molar refractivity (Wildman–Crippen MR) is 66.7 cm³/mol. The number of nitrogen functional groups attached to an aromatic ring is 1. The molecule has 2 N–H and O–H groups in total. The van der Waals surface area contributed by atoms with Crippen LogP contribution >= 0.6 is 0 Å². The van der Waals surface area contributed by atoms with E-state index >= 15 is 0 Å². The number of hydrogen-bond donors (Lipinski definition) is 1. The predicted octanol–water partition coefficient (Wildman–Crippen LogP) is 1.61. The molecule has 2 rings (SSSR count). The minimum absolute atomic E-state index is 0.173. The number of carbonyl (C=O) groups is 1. The van der Waals surface area contributed by atoms with Gasteiger partial charge in [0.2, 0.25) is 0 Å². The zero-order chi connectivity index (χ0) is 13.0. The Balaban J connectivity index is 2.15. The van der Waals surface area contributed by atoms with Crippen LogP contribution in [0.1, 0.15) is 23.7 Å². The lowest BCUT2D eigenvalue weighted by Crippen LogP contribution is -2.19. The van der Waals surface area contributed by atoms with Crippen LogP contribution in [0.3, 0.4) is 0 Å². The highest BCUT2D eigenvalue weighted by Crippen LogP contribution is 2.27. The van der Waals surface area contributed by atoms with Crippen LogP contribution in [0.5, 0.6) is 5.75 Å². The number of para-hydroxylation sites is 1. The van der Waals surface area contributed by atoms with Gasteiger partial charge in [0.05, 0.1) is 25.5 Å². The van der Waals surface area contributed by atoms with Crippen molar-refractivity contribution >= 4 is 11.7 Å². The van der Waals surface area contributed by atoms with Crippen LogP contribution < -0.4 is 10.5 Å². The van der Waals surface area contributed by atoms with Crippen molar-refractivity contribution in [1.82, 2.24) is 0 Å². The van der Waals surface area contributed by atoms with Crippen LogP contribution in [0, 0.1) is 0 Å². The minimum atomic E-state index is -0.416. The number of esters is 1. The van der Waals surface area contributed by atoms with E-state index in [0.29, 0.717) is 36.8 Å². The van der Waals surface area contributed by atoms with Gasteiger partial charge in [-0.25, -0.2) is 4.79 Å². The number of nitrogens with two attached hydrogens (primary N) is 1. The number of rotatable bonds is 4. The molecule has 5 nitrogen and oxygen atoms in total. The maximum absolute atomic E-state index is 12.0. The lowest BCUT2D eigenvalue weighted by molar-refractivity contribution is 0.0267. The summed E-state index contributed by atoms with van der Waals surface area (Å²) in [6.07, 6.45) is 0.561. The van der Waals surface area contributed by atoms with Crippen molar-refractivity contribution in [3.63, 3.8) is 0 Å². The molecular formula is C13H17NO4. The molecule has 0 aliphatic carbocycles. The average Bonchev–Trinajstić information content (AvgIpc) is 2.84. The summed E-state index contributed by atoms with van der Waals surface area (Å²) in [5.74, 6) is -0.0230. The normalized spacial score (nSPS) is 18.6. The fourth-order valence-corrected chi connectivity index (χ4v) is 1.84. The Morgan fingerprint density at radius 3 is 3.06 bits per heavy atom. The molecule has 5 heteroatoms. The van der Waals surface area contributed by atoms with Gasteiger partial charge in [0.25, 0.3) is 0 Å². The summed E-state index contributed by atoms with van der Waals surface area (Å²) in [7, 11) is 0. The van der Waals surface area contributed by atoms with E-state index in [1.807, 2.05) is 6.92 Å². The fourth-order valence-electron chi connectivity index (χ4n) is 1.84. The Morgan fingerprint density at radius 2 is 2.39 bits per heavy atom. The summed E-state index contributed by atoms with van der Waals surface area (Å²) in [5, 5.41) is 0. The molecule has 1 aromatic carbocycles. The van der Waals surface area contributed by atoms with Crippen molar-refractivity contribution in [2.45, 2.75) is 19.4 Å². The van der Waals surface area contributed by atoms with E-state index in [0.717, 1.165) is 6.42 Å². The molecule has 1 unspecified atom stereocenters. The van der Waals surface area contributed by atoms with Crippen LogP contribution in [0.25, 0.3) is 0 Å². The van der Waals surface area contributed by atoms with Crippen LogP contribution in [-0.2, 0) is 9.47 Å².